The van der Waals surface area contributed by atoms with Gasteiger partial charge in [0.1, 0.15) is 18.9 Å². The maximum Gasteiger partial charge on any atom is 0.245 e. The number of nitrogens with one attached hydrogen (secondary N) is 1. The van der Waals surface area contributed by atoms with E-state index in [0.29, 0.717) is 19.0 Å². The van der Waals surface area contributed by atoms with E-state index < -0.39 is 6.10 Å². The minimum absolute atomic E-state index is 0.200. The molecular formula is C10H15N5O2S. The Hall–Kier alpha value is -1.51. The first-order chi connectivity index (χ1) is 8.74. The summed E-state index contributed by atoms with van der Waals surface area (Å²) in [6.07, 6.45) is 4.66. The van der Waals surface area contributed by atoms with Crippen LogP contribution in [0.2, 0.25) is 0 Å². The Bertz CT molecular complexity index is 459. The summed E-state index contributed by atoms with van der Waals surface area (Å²) in [5.74, 6) is 0.450. The third kappa shape index (κ3) is 4.06. The molecule has 1 atom stereocenters. The van der Waals surface area contributed by atoms with Crippen molar-refractivity contribution < 1.29 is 9.84 Å². The van der Waals surface area contributed by atoms with Gasteiger partial charge >= 0.3 is 0 Å². The molecule has 0 spiro atoms. The molecule has 0 saturated heterocycles. The molecule has 8 heteroatoms. The molecule has 0 aromatic carbocycles. The third-order valence-electron chi connectivity index (χ3n) is 2.23. The van der Waals surface area contributed by atoms with Crippen molar-refractivity contribution in [3.63, 3.8) is 0 Å². The summed E-state index contributed by atoms with van der Waals surface area (Å²) in [4.78, 5) is 0. The van der Waals surface area contributed by atoms with E-state index in [-0.39, 0.29) is 6.61 Å². The molecule has 0 amide bonds. The largest absolute Gasteiger partial charge is 0.473 e. The number of aliphatic hydroxyl groups is 1. The monoisotopic (exact) mass is 269 g/mol. The number of hydrogen-bond acceptors (Lipinski definition) is 7. The second-order valence-corrected chi connectivity index (χ2v) is 4.42. The molecule has 0 aliphatic carbocycles. The highest BCUT2D eigenvalue weighted by molar-refractivity contribution is 6.99. The standard InChI is InChI=1S/C10H15N5O2S/c1-15-6-8(3-12-15)2-11-4-9(16)7-17-10-5-13-18-14-10/h3,5-6,9,11,16H,2,4,7H2,1H3. The van der Waals surface area contributed by atoms with Gasteiger partial charge in [0.15, 0.2) is 0 Å². The minimum atomic E-state index is -0.580. The molecular weight excluding hydrogens is 254 g/mol. The molecule has 0 fully saturated rings. The van der Waals surface area contributed by atoms with Crippen LogP contribution in [-0.4, -0.2) is 42.9 Å². The summed E-state index contributed by atoms with van der Waals surface area (Å²) in [5, 5.41) is 16.9. The van der Waals surface area contributed by atoms with Crippen LogP contribution in [0.4, 0.5) is 0 Å². The Morgan fingerprint density at radius 1 is 1.56 bits per heavy atom. The normalized spacial score (nSPS) is 12.6. The third-order valence-corrected chi connectivity index (χ3v) is 2.69. The van der Waals surface area contributed by atoms with E-state index >= 15 is 0 Å². The second kappa shape index (κ2) is 6.43. The predicted molar refractivity (Wildman–Crippen MR) is 66.3 cm³/mol. The number of rotatable bonds is 7. The van der Waals surface area contributed by atoms with Crippen molar-refractivity contribution in [2.45, 2.75) is 12.6 Å². The van der Waals surface area contributed by atoms with E-state index in [4.69, 9.17) is 4.74 Å². The fraction of sp³-hybridized carbons (Fsp3) is 0.500. The Morgan fingerprint density at radius 2 is 2.44 bits per heavy atom. The molecule has 0 aliphatic rings. The number of aromatic nitrogens is 4. The lowest BCUT2D eigenvalue weighted by Crippen LogP contribution is -2.31. The van der Waals surface area contributed by atoms with Gasteiger partial charge in [-0.2, -0.15) is 9.47 Å². The number of hydrogen-bond donors (Lipinski definition) is 2. The summed E-state index contributed by atoms with van der Waals surface area (Å²) < 4.78 is 14.7. The van der Waals surface area contributed by atoms with Gasteiger partial charge in [0.05, 0.1) is 17.9 Å². The zero-order valence-corrected chi connectivity index (χ0v) is 10.8. The molecule has 2 heterocycles. The Kier molecular flexibility index (Phi) is 4.62. The van der Waals surface area contributed by atoms with Gasteiger partial charge in [0, 0.05) is 31.9 Å². The van der Waals surface area contributed by atoms with Crippen LogP contribution in [0.3, 0.4) is 0 Å². The highest BCUT2D eigenvalue weighted by atomic mass is 32.1. The highest BCUT2D eigenvalue weighted by Crippen LogP contribution is 2.05. The zero-order valence-electron chi connectivity index (χ0n) is 9.98. The molecule has 1 unspecified atom stereocenters. The van der Waals surface area contributed by atoms with Gasteiger partial charge in [-0.15, -0.1) is 4.37 Å². The van der Waals surface area contributed by atoms with Gasteiger partial charge in [-0.05, 0) is 0 Å². The van der Waals surface area contributed by atoms with Crippen molar-refractivity contribution in [2.75, 3.05) is 13.2 Å². The van der Waals surface area contributed by atoms with Crippen molar-refractivity contribution in [3.8, 4) is 5.88 Å². The van der Waals surface area contributed by atoms with Crippen LogP contribution in [0.15, 0.2) is 18.6 Å². The number of ether oxygens (including phenoxy) is 1. The second-order valence-electron chi connectivity index (χ2n) is 3.86. The average molecular weight is 269 g/mol. The topological polar surface area (TPSA) is 85.1 Å². The van der Waals surface area contributed by atoms with Gasteiger partial charge < -0.3 is 15.2 Å². The maximum atomic E-state index is 9.68. The molecule has 2 aromatic heterocycles. The van der Waals surface area contributed by atoms with E-state index in [1.165, 1.54) is 6.20 Å². The van der Waals surface area contributed by atoms with E-state index in [0.717, 1.165) is 17.3 Å². The first-order valence-electron chi connectivity index (χ1n) is 5.50. The first-order valence-corrected chi connectivity index (χ1v) is 6.24. The highest BCUT2D eigenvalue weighted by Gasteiger charge is 2.06. The van der Waals surface area contributed by atoms with Gasteiger partial charge in [-0.1, -0.05) is 0 Å². The fourth-order valence-corrected chi connectivity index (χ4v) is 1.77. The smallest absolute Gasteiger partial charge is 0.245 e. The lowest BCUT2D eigenvalue weighted by molar-refractivity contribution is 0.104. The van der Waals surface area contributed by atoms with Gasteiger partial charge in [-0.3, -0.25) is 4.68 Å². The molecule has 98 valence electrons. The minimum Gasteiger partial charge on any atom is -0.473 e. The van der Waals surface area contributed by atoms with Crippen LogP contribution in [0.1, 0.15) is 5.56 Å². The lowest BCUT2D eigenvalue weighted by atomic mass is 10.3. The Labute approximate surface area is 109 Å². The molecule has 7 nitrogen and oxygen atoms in total. The Balaban J connectivity index is 1.61. The van der Waals surface area contributed by atoms with E-state index in [1.54, 1.807) is 10.9 Å². The number of aryl methyl sites for hydroxylation is 1. The molecule has 0 aliphatic heterocycles. The first kappa shape index (κ1) is 12.9. The van der Waals surface area contributed by atoms with Crippen molar-refractivity contribution in [2.24, 2.45) is 7.05 Å². The lowest BCUT2D eigenvalue weighted by Gasteiger charge is -2.11. The summed E-state index contributed by atoms with van der Waals surface area (Å²) in [6, 6.07) is 0. The van der Waals surface area contributed by atoms with Crippen LogP contribution in [0, 0.1) is 0 Å². The van der Waals surface area contributed by atoms with Crippen LogP contribution in [0.25, 0.3) is 0 Å². The number of nitrogens with zero attached hydrogens (tertiary/aromatic N) is 4. The SMILES string of the molecule is Cn1cc(CNCC(O)COc2cnsn2)cn1. The van der Waals surface area contributed by atoms with E-state index in [9.17, 15) is 5.11 Å². The molecule has 0 radical (unpaired) electrons. The summed E-state index contributed by atoms with van der Waals surface area (Å²) >= 11 is 1.08. The van der Waals surface area contributed by atoms with Crippen LogP contribution in [0.5, 0.6) is 5.88 Å². The fourth-order valence-electron chi connectivity index (χ4n) is 1.41. The molecule has 2 aromatic rings. The van der Waals surface area contributed by atoms with Gasteiger partial charge in [0.25, 0.3) is 0 Å². The maximum absolute atomic E-state index is 9.68. The van der Waals surface area contributed by atoms with Crippen LogP contribution < -0.4 is 10.1 Å². The molecule has 0 saturated carbocycles. The van der Waals surface area contributed by atoms with Crippen molar-refractivity contribution in [1.29, 1.82) is 0 Å². The predicted octanol–water partition coefficient (Wildman–Crippen LogP) is -0.199. The number of aliphatic hydroxyl groups excluding tert-OH is 1. The van der Waals surface area contributed by atoms with Crippen molar-refractivity contribution in [1.82, 2.24) is 23.8 Å². The summed E-state index contributed by atoms with van der Waals surface area (Å²) in [5.41, 5.74) is 1.08. The van der Waals surface area contributed by atoms with E-state index in [2.05, 4.69) is 19.2 Å². The molecule has 0 bridgehead atoms. The molecule has 2 rings (SSSR count). The summed E-state index contributed by atoms with van der Waals surface area (Å²) in [6.45, 7) is 1.32. The van der Waals surface area contributed by atoms with Gasteiger partial charge in [-0.25, -0.2) is 0 Å². The average Bonchev–Trinajstić information content (AvgIpc) is 2.98. The van der Waals surface area contributed by atoms with Crippen molar-refractivity contribution >= 4 is 11.7 Å². The summed E-state index contributed by atoms with van der Waals surface area (Å²) in [7, 11) is 1.87. The van der Waals surface area contributed by atoms with Crippen LogP contribution in [-0.2, 0) is 13.6 Å². The zero-order chi connectivity index (χ0) is 12.8. The quantitative estimate of drug-likeness (QED) is 0.724. The Morgan fingerprint density at radius 3 is 3.11 bits per heavy atom. The molecule has 2 N–H and O–H groups in total. The molecule has 18 heavy (non-hydrogen) atoms. The van der Waals surface area contributed by atoms with Crippen molar-refractivity contribution in [3.05, 3.63) is 24.2 Å². The van der Waals surface area contributed by atoms with E-state index in [1.807, 2.05) is 13.2 Å². The van der Waals surface area contributed by atoms with Gasteiger partial charge in [0.2, 0.25) is 5.88 Å². The van der Waals surface area contributed by atoms with Crippen LogP contribution >= 0.6 is 11.7 Å².